The van der Waals surface area contributed by atoms with Crippen LogP contribution in [0.2, 0.25) is 10.0 Å². The molecule has 0 radical (unpaired) electrons. The first kappa shape index (κ1) is 19.3. The number of nitrogens with zero attached hydrogens (tertiary/aromatic N) is 2. The zero-order valence-corrected chi connectivity index (χ0v) is 16.8. The smallest absolute Gasteiger partial charge is 0.236 e. The molecule has 0 bridgehead atoms. The Labute approximate surface area is 164 Å². The molecule has 3 rings (SSSR count). The first-order valence-corrected chi connectivity index (χ1v) is 10.7. The van der Waals surface area contributed by atoms with Gasteiger partial charge in [-0.1, -0.05) is 29.3 Å². The van der Waals surface area contributed by atoms with E-state index in [1.54, 1.807) is 30.3 Å². The van der Waals surface area contributed by atoms with Crippen LogP contribution in [-0.2, 0) is 15.8 Å². The van der Waals surface area contributed by atoms with E-state index in [4.69, 9.17) is 23.2 Å². The van der Waals surface area contributed by atoms with E-state index in [1.807, 2.05) is 12.1 Å². The molecule has 8 heteroatoms. The fourth-order valence-corrected chi connectivity index (χ4v) is 4.38. The molecule has 0 unspecified atom stereocenters. The summed E-state index contributed by atoms with van der Waals surface area (Å²) in [5.41, 5.74) is 2.23. The van der Waals surface area contributed by atoms with E-state index in [0.717, 1.165) is 31.9 Å². The Morgan fingerprint density at radius 1 is 0.962 bits per heavy atom. The Morgan fingerprint density at radius 3 is 2.23 bits per heavy atom. The molecule has 140 valence electrons. The van der Waals surface area contributed by atoms with Crippen LogP contribution in [0.15, 0.2) is 42.5 Å². The van der Waals surface area contributed by atoms with E-state index < -0.39 is 10.0 Å². The van der Waals surface area contributed by atoms with E-state index in [2.05, 4.69) is 21.6 Å². The van der Waals surface area contributed by atoms with Crippen molar-refractivity contribution in [2.75, 3.05) is 42.8 Å². The van der Waals surface area contributed by atoms with Gasteiger partial charge in [0.25, 0.3) is 0 Å². The zero-order valence-electron chi connectivity index (χ0n) is 14.5. The molecular formula is C18H21Cl2N3O2S. The maximum atomic E-state index is 12.4. The largest absolute Gasteiger partial charge is 0.369 e. The molecule has 0 amide bonds. The highest BCUT2D eigenvalue weighted by molar-refractivity contribution is 7.91. The lowest BCUT2D eigenvalue weighted by Gasteiger charge is -2.34. The maximum absolute atomic E-state index is 12.4. The minimum Gasteiger partial charge on any atom is -0.369 e. The summed E-state index contributed by atoms with van der Waals surface area (Å²) in [7, 11) is -1.42. The summed E-state index contributed by atoms with van der Waals surface area (Å²) >= 11 is 11.8. The average Bonchev–Trinajstić information content (AvgIpc) is 2.59. The van der Waals surface area contributed by atoms with Gasteiger partial charge in [0.05, 0.1) is 15.8 Å². The van der Waals surface area contributed by atoms with Gasteiger partial charge in [-0.25, -0.2) is 8.42 Å². The second-order valence-corrected chi connectivity index (χ2v) is 8.98. The van der Waals surface area contributed by atoms with Crippen molar-refractivity contribution in [2.45, 2.75) is 5.75 Å². The molecule has 0 spiro atoms. The SMILES string of the molecule is CN1CCN(c2ccc(NS(=O)(=O)Cc3ccc(Cl)c(Cl)c3)cc2)CC1. The van der Waals surface area contributed by atoms with E-state index in [-0.39, 0.29) is 5.75 Å². The Hall–Kier alpha value is -1.47. The quantitative estimate of drug-likeness (QED) is 0.811. The standard InChI is InChI=1S/C18H21Cl2N3O2S/c1-22-8-10-23(11-9-22)16-5-3-15(4-6-16)21-26(24,25)13-14-2-7-17(19)18(20)12-14/h2-7,12,21H,8-11,13H2,1H3. The molecule has 0 aliphatic carbocycles. The van der Waals surface area contributed by atoms with Gasteiger partial charge >= 0.3 is 0 Å². The fraction of sp³-hybridized carbons (Fsp3) is 0.333. The van der Waals surface area contributed by atoms with E-state index in [9.17, 15) is 8.42 Å². The van der Waals surface area contributed by atoms with Crippen LogP contribution < -0.4 is 9.62 Å². The predicted octanol–water partition coefficient (Wildman–Crippen LogP) is 3.69. The van der Waals surface area contributed by atoms with E-state index in [1.165, 1.54) is 0 Å². The number of sulfonamides is 1. The van der Waals surface area contributed by atoms with Crippen LogP contribution >= 0.6 is 23.2 Å². The number of benzene rings is 2. The third-order valence-electron chi connectivity index (χ3n) is 4.35. The molecule has 0 aromatic heterocycles. The lowest BCUT2D eigenvalue weighted by molar-refractivity contribution is 0.313. The summed E-state index contributed by atoms with van der Waals surface area (Å²) in [6.07, 6.45) is 0. The van der Waals surface area contributed by atoms with Crippen LogP contribution in [0, 0.1) is 0 Å². The molecule has 2 aromatic carbocycles. The molecule has 1 heterocycles. The molecule has 26 heavy (non-hydrogen) atoms. The van der Waals surface area contributed by atoms with Gasteiger partial charge in [0.15, 0.2) is 0 Å². The first-order chi connectivity index (χ1) is 12.3. The van der Waals surface area contributed by atoms with Crippen molar-refractivity contribution in [3.8, 4) is 0 Å². The summed E-state index contributed by atoms with van der Waals surface area (Å²) in [4.78, 5) is 4.59. The number of hydrogen-bond donors (Lipinski definition) is 1. The number of nitrogens with one attached hydrogen (secondary N) is 1. The molecule has 2 aromatic rings. The molecule has 1 saturated heterocycles. The highest BCUT2D eigenvalue weighted by Crippen LogP contribution is 2.24. The lowest BCUT2D eigenvalue weighted by atomic mass is 10.2. The molecule has 1 N–H and O–H groups in total. The van der Waals surface area contributed by atoms with Gasteiger partial charge in [-0.3, -0.25) is 4.72 Å². The highest BCUT2D eigenvalue weighted by Gasteiger charge is 2.16. The van der Waals surface area contributed by atoms with Gasteiger partial charge < -0.3 is 9.80 Å². The third kappa shape index (κ3) is 5.04. The number of hydrogen-bond acceptors (Lipinski definition) is 4. The number of anilines is 2. The third-order valence-corrected chi connectivity index (χ3v) is 6.35. The van der Waals surface area contributed by atoms with E-state index >= 15 is 0 Å². The molecule has 1 fully saturated rings. The average molecular weight is 414 g/mol. The van der Waals surface area contributed by atoms with Gasteiger partial charge in [-0.05, 0) is 49.0 Å². The maximum Gasteiger partial charge on any atom is 0.236 e. The van der Waals surface area contributed by atoms with Gasteiger partial charge in [-0.15, -0.1) is 0 Å². The van der Waals surface area contributed by atoms with Crippen molar-refractivity contribution in [1.82, 2.24) is 4.90 Å². The lowest BCUT2D eigenvalue weighted by Crippen LogP contribution is -2.44. The zero-order chi connectivity index (χ0) is 18.7. The van der Waals surface area contributed by atoms with Gasteiger partial charge in [-0.2, -0.15) is 0 Å². The van der Waals surface area contributed by atoms with Crippen molar-refractivity contribution in [3.05, 3.63) is 58.1 Å². The molecule has 5 nitrogen and oxygen atoms in total. The fourth-order valence-electron chi connectivity index (χ4n) is 2.87. The molecule has 0 saturated carbocycles. The van der Waals surface area contributed by atoms with Crippen molar-refractivity contribution >= 4 is 44.6 Å². The Bertz CT molecular complexity index is 865. The number of likely N-dealkylation sites (N-methyl/N-ethyl adjacent to an activating group) is 1. The molecule has 1 aliphatic heterocycles. The Morgan fingerprint density at radius 2 is 1.62 bits per heavy atom. The van der Waals surface area contributed by atoms with Crippen molar-refractivity contribution in [2.24, 2.45) is 0 Å². The number of rotatable bonds is 5. The summed E-state index contributed by atoms with van der Waals surface area (Å²) in [5, 5.41) is 0.746. The monoisotopic (exact) mass is 413 g/mol. The predicted molar refractivity (Wildman–Crippen MR) is 109 cm³/mol. The second kappa shape index (κ2) is 8.05. The Kier molecular flexibility index (Phi) is 5.97. The molecular weight excluding hydrogens is 393 g/mol. The van der Waals surface area contributed by atoms with Crippen LogP contribution in [0.1, 0.15) is 5.56 Å². The summed E-state index contributed by atoms with van der Waals surface area (Å²) in [6, 6.07) is 12.3. The molecule has 1 aliphatic rings. The normalized spacial score (nSPS) is 15.9. The summed E-state index contributed by atoms with van der Waals surface area (Å²) < 4.78 is 27.4. The second-order valence-electron chi connectivity index (χ2n) is 6.45. The van der Waals surface area contributed by atoms with Crippen LogP contribution in [0.3, 0.4) is 0 Å². The van der Waals surface area contributed by atoms with Gasteiger partial charge in [0.2, 0.25) is 10.0 Å². The first-order valence-electron chi connectivity index (χ1n) is 8.30. The van der Waals surface area contributed by atoms with Crippen LogP contribution in [0.4, 0.5) is 11.4 Å². The number of halogens is 2. The van der Waals surface area contributed by atoms with Crippen molar-refractivity contribution < 1.29 is 8.42 Å². The van der Waals surface area contributed by atoms with Crippen molar-refractivity contribution in [1.29, 1.82) is 0 Å². The van der Waals surface area contributed by atoms with Gasteiger partial charge in [0, 0.05) is 37.6 Å². The Balaban J connectivity index is 1.64. The van der Waals surface area contributed by atoms with E-state index in [0.29, 0.717) is 21.3 Å². The minimum atomic E-state index is -3.53. The van der Waals surface area contributed by atoms with Crippen molar-refractivity contribution in [3.63, 3.8) is 0 Å². The van der Waals surface area contributed by atoms with Crippen LogP contribution in [-0.4, -0.2) is 46.5 Å². The highest BCUT2D eigenvalue weighted by atomic mass is 35.5. The molecule has 0 atom stereocenters. The topological polar surface area (TPSA) is 52.6 Å². The summed E-state index contributed by atoms with van der Waals surface area (Å²) in [5.74, 6) is -0.163. The summed E-state index contributed by atoms with van der Waals surface area (Å²) in [6.45, 7) is 3.99. The van der Waals surface area contributed by atoms with Crippen LogP contribution in [0.5, 0.6) is 0 Å². The van der Waals surface area contributed by atoms with Crippen LogP contribution in [0.25, 0.3) is 0 Å². The number of piperazine rings is 1. The van der Waals surface area contributed by atoms with Gasteiger partial charge in [0.1, 0.15) is 0 Å². The minimum absolute atomic E-state index is 0.163.